The van der Waals surface area contributed by atoms with Crippen LogP contribution in [0.1, 0.15) is 290 Å². The summed E-state index contributed by atoms with van der Waals surface area (Å²) in [7, 11) is 1.22. The number of phosphoric acid groups is 1. The Morgan fingerprint density at radius 3 is 1.07 bits per heavy atom. The van der Waals surface area contributed by atoms with Crippen LogP contribution in [0.2, 0.25) is 0 Å². The van der Waals surface area contributed by atoms with Gasteiger partial charge in [-0.2, -0.15) is 0 Å². The third kappa shape index (κ3) is 69.7. The smallest absolute Gasteiger partial charge is 0.268 e. The number of hydrogen-bond acceptors (Lipinski definition) is 6. The molecule has 0 aliphatic rings. The maximum Gasteiger partial charge on any atom is 0.268 e. The maximum atomic E-state index is 13.0. The van der Waals surface area contributed by atoms with Gasteiger partial charge in [-0.05, 0) is 109 Å². The molecule has 0 aromatic rings. The maximum absolute atomic E-state index is 13.0. The minimum atomic E-state index is -4.63. The number of nitrogens with zero attached hydrogens (tertiary/aromatic N) is 1. The van der Waals surface area contributed by atoms with Crippen LogP contribution in [0.3, 0.4) is 0 Å². The van der Waals surface area contributed by atoms with Crippen LogP contribution in [-0.4, -0.2) is 68.5 Å². The summed E-state index contributed by atoms with van der Waals surface area (Å²) >= 11 is 0. The van der Waals surface area contributed by atoms with E-state index in [2.05, 4.69) is 153 Å². The van der Waals surface area contributed by atoms with Gasteiger partial charge in [-0.3, -0.25) is 9.36 Å². The highest BCUT2D eigenvalue weighted by molar-refractivity contribution is 7.45. The Kier molecular flexibility index (Phi) is 64.0. The first-order chi connectivity index (χ1) is 42.5. The van der Waals surface area contributed by atoms with Gasteiger partial charge in [0, 0.05) is 6.42 Å². The Bertz CT molecular complexity index is 1930. The van der Waals surface area contributed by atoms with E-state index in [0.29, 0.717) is 17.4 Å². The molecule has 2 N–H and O–H groups in total. The zero-order valence-electron chi connectivity index (χ0n) is 56.9. The summed E-state index contributed by atoms with van der Waals surface area (Å²) in [6, 6.07) is -0.920. The zero-order valence-corrected chi connectivity index (χ0v) is 57.8. The van der Waals surface area contributed by atoms with Gasteiger partial charge in [0.25, 0.3) is 7.82 Å². The topological polar surface area (TPSA) is 108 Å². The summed E-state index contributed by atoms with van der Waals surface area (Å²) in [5, 5.41) is 13.9. The molecule has 0 radical (unpaired) electrons. The molecule has 498 valence electrons. The number of nitrogens with one attached hydrogen (secondary N) is 1. The monoisotopic (exact) mass is 1230 g/mol. The van der Waals surface area contributed by atoms with E-state index >= 15 is 0 Å². The molecule has 0 spiro atoms. The number of allylic oxidation sites excluding steroid dienone is 23. The number of unbranched alkanes of at least 4 members (excludes halogenated alkanes) is 29. The first-order valence-electron chi connectivity index (χ1n) is 35.7. The second-order valence-corrected chi connectivity index (χ2v) is 26.3. The van der Waals surface area contributed by atoms with Crippen LogP contribution in [0.15, 0.2) is 146 Å². The van der Waals surface area contributed by atoms with Gasteiger partial charge in [0.15, 0.2) is 0 Å². The molecule has 0 aliphatic heterocycles. The number of amides is 1. The summed E-state index contributed by atoms with van der Waals surface area (Å²) in [4.78, 5) is 25.6. The number of rotatable bonds is 64. The van der Waals surface area contributed by atoms with Gasteiger partial charge in [-0.1, -0.05) is 320 Å². The molecule has 1 amide bonds. The van der Waals surface area contributed by atoms with Crippen LogP contribution in [0.4, 0.5) is 0 Å². The number of hydrogen-bond donors (Lipinski definition) is 2. The van der Waals surface area contributed by atoms with E-state index in [0.717, 1.165) is 116 Å². The van der Waals surface area contributed by atoms with E-state index in [4.69, 9.17) is 9.05 Å². The van der Waals surface area contributed by atoms with Crippen molar-refractivity contribution in [3.63, 3.8) is 0 Å². The fraction of sp³-hybridized carbons (Fsp3) is 0.679. The predicted octanol–water partition coefficient (Wildman–Crippen LogP) is 22.5. The highest BCUT2D eigenvalue weighted by atomic mass is 31.2. The Morgan fingerprint density at radius 1 is 0.414 bits per heavy atom. The second kappa shape index (κ2) is 66.8. The number of carbonyl (C=O) groups excluding carboxylic acids is 1. The highest BCUT2D eigenvalue weighted by Crippen LogP contribution is 2.38. The van der Waals surface area contributed by atoms with Crippen LogP contribution in [0, 0.1) is 0 Å². The third-order valence-corrected chi connectivity index (χ3v) is 16.2. The number of likely N-dealkylation sites (N-methyl/N-ethyl adjacent to an activating group) is 1. The molecule has 0 rings (SSSR count). The fourth-order valence-corrected chi connectivity index (χ4v) is 10.5. The minimum absolute atomic E-state index is 0.0149. The van der Waals surface area contributed by atoms with E-state index < -0.39 is 26.6 Å². The molecule has 3 unspecified atom stereocenters. The van der Waals surface area contributed by atoms with E-state index in [9.17, 15) is 19.4 Å². The molecular weight excluding hydrogens is 1090 g/mol. The molecule has 0 fully saturated rings. The van der Waals surface area contributed by atoms with Crippen molar-refractivity contribution in [3.05, 3.63) is 146 Å². The van der Waals surface area contributed by atoms with Crippen LogP contribution in [-0.2, 0) is 18.4 Å². The van der Waals surface area contributed by atoms with Gasteiger partial charge in [-0.15, -0.1) is 0 Å². The largest absolute Gasteiger partial charge is 0.756 e. The SMILES string of the molecule is CC/C=C\C/C=C\C/C=C\C/C=C\C/C=C\C/C=C\C/C=C\C/C=C\C/C=C\C/C=C\CCCCCCCCCCC(=O)NC(COP(=O)([O-])OCC[N+](C)(C)C)C(O)/C=C/CC/C=C/CCCCCCCCCCCCCCCCCCCCCC. The second-order valence-electron chi connectivity index (χ2n) is 24.8. The van der Waals surface area contributed by atoms with Crippen LogP contribution in [0.5, 0.6) is 0 Å². The predicted molar refractivity (Wildman–Crippen MR) is 380 cm³/mol. The summed E-state index contributed by atoms with van der Waals surface area (Å²) < 4.78 is 23.4. The van der Waals surface area contributed by atoms with Crippen LogP contribution < -0.4 is 10.2 Å². The molecule has 0 aliphatic carbocycles. The molecule has 8 nitrogen and oxygen atoms in total. The third-order valence-electron chi connectivity index (χ3n) is 15.3. The average Bonchev–Trinajstić information content (AvgIpc) is 3.69. The highest BCUT2D eigenvalue weighted by Gasteiger charge is 2.23. The standard InChI is InChI=1S/C78H135N2O6P/c1-6-8-10-12-14-16-18-20-22-24-26-28-30-32-34-35-36-37-38-39-40-41-42-43-44-45-46-48-50-52-54-56-58-60-62-64-66-68-70-72-78(82)79-76(75-86-87(83,84)85-74-73-80(3,4)5)77(81)71-69-67-65-63-61-59-57-55-53-51-49-47-33-31-29-27-25-23-21-19-17-15-13-11-9-7-2/h8,10,14,16,20,22,26,28,32,34,36-37,39-40,42-43,45-46,50,52,61,63,69,71,76-77,81H,6-7,9,11-13,15,17-19,21,23-25,27,29-31,33,35,38,41,44,47-49,51,53-60,62,64-68,70,72-75H2,1-5H3,(H-,79,82,83,84)/b10-8-,16-14-,22-20-,28-26-,34-32-,37-36-,40-39-,43-42-,46-45-,52-50-,63-61+,71-69+. The molecule has 0 saturated carbocycles. The minimum Gasteiger partial charge on any atom is -0.756 e. The first-order valence-corrected chi connectivity index (χ1v) is 37.2. The Morgan fingerprint density at radius 2 is 0.713 bits per heavy atom. The lowest BCUT2D eigenvalue weighted by molar-refractivity contribution is -0.870. The van der Waals surface area contributed by atoms with E-state index in [1.54, 1.807) is 6.08 Å². The van der Waals surface area contributed by atoms with Gasteiger partial charge in [0.1, 0.15) is 13.2 Å². The number of phosphoric ester groups is 1. The fourth-order valence-electron chi connectivity index (χ4n) is 9.79. The van der Waals surface area contributed by atoms with Gasteiger partial charge in [0.2, 0.25) is 5.91 Å². The van der Waals surface area contributed by atoms with E-state index in [-0.39, 0.29) is 12.5 Å². The van der Waals surface area contributed by atoms with Crippen molar-refractivity contribution in [3.8, 4) is 0 Å². The number of quaternary nitrogens is 1. The van der Waals surface area contributed by atoms with Crippen molar-refractivity contribution in [2.75, 3.05) is 40.9 Å². The Labute approximate surface area is 538 Å². The normalized spacial score (nSPS) is 14.5. The zero-order chi connectivity index (χ0) is 63.4. The Hall–Kier alpha value is -3.62. The lowest BCUT2D eigenvalue weighted by Gasteiger charge is -2.29. The molecule has 3 atom stereocenters. The quantitative estimate of drug-likeness (QED) is 0.0272. The van der Waals surface area contributed by atoms with Crippen molar-refractivity contribution in [2.45, 2.75) is 302 Å². The van der Waals surface area contributed by atoms with Crippen molar-refractivity contribution in [1.82, 2.24) is 5.32 Å². The molecule has 0 aromatic carbocycles. The first kappa shape index (κ1) is 83.4. The van der Waals surface area contributed by atoms with Crippen molar-refractivity contribution < 1.29 is 32.9 Å². The lowest BCUT2D eigenvalue weighted by atomic mass is 10.0. The molecule has 9 heteroatoms. The summed E-state index contributed by atoms with van der Waals surface area (Å²) in [6.07, 6.45) is 103. The van der Waals surface area contributed by atoms with Gasteiger partial charge in [-0.25, -0.2) is 0 Å². The van der Waals surface area contributed by atoms with Gasteiger partial charge >= 0.3 is 0 Å². The van der Waals surface area contributed by atoms with Crippen molar-refractivity contribution in [1.29, 1.82) is 0 Å². The molecular formula is C78H135N2O6P. The number of aliphatic hydroxyl groups excluding tert-OH is 1. The van der Waals surface area contributed by atoms with E-state index in [1.807, 2.05) is 27.2 Å². The summed E-state index contributed by atoms with van der Waals surface area (Å²) in [6.45, 7) is 4.52. The van der Waals surface area contributed by atoms with Crippen molar-refractivity contribution >= 4 is 13.7 Å². The number of carbonyl (C=O) groups is 1. The molecule has 0 saturated heterocycles. The molecule has 0 heterocycles. The van der Waals surface area contributed by atoms with E-state index in [1.165, 1.54) is 154 Å². The molecule has 0 aromatic heterocycles. The molecule has 87 heavy (non-hydrogen) atoms. The summed E-state index contributed by atoms with van der Waals surface area (Å²) in [5.74, 6) is -0.219. The lowest BCUT2D eigenvalue weighted by Crippen LogP contribution is -2.45. The Balaban J connectivity index is 4.18. The average molecular weight is 1230 g/mol. The summed E-state index contributed by atoms with van der Waals surface area (Å²) in [5.41, 5.74) is 0. The molecule has 0 bridgehead atoms. The van der Waals surface area contributed by atoms with Crippen LogP contribution in [0.25, 0.3) is 0 Å². The van der Waals surface area contributed by atoms with Gasteiger partial charge in [0.05, 0.1) is 39.9 Å². The number of aliphatic hydroxyl groups is 1. The van der Waals surface area contributed by atoms with Crippen LogP contribution >= 0.6 is 7.82 Å². The van der Waals surface area contributed by atoms with Crippen molar-refractivity contribution in [2.24, 2.45) is 0 Å². The van der Waals surface area contributed by atoms with Gasteiger partial charge < -0.3 is 28.8 Å².